The second-order valence-corrected chi connectivity index (χ2v) is 6.27. The number of hydrogen-bond acceptors (Lipinski definition) is 4. The highest BCUT2D eigenvalue weighted by atomic mass is 32.1. The zero-order chi connectivity index (χ0) is 14.2. The molecule has 0 bridgehead atoms. The van der Waals surface area contributed by atoms with Gasteiger partial charge >= 0.3 is 0 Å². The van der Waals surface area contributed by atoms with Crippen LogP contribution in [0, 0.1) is 0 Å². The lowest BCUT2D eigenvalue weighted by atomic mass is 10.2. The van der Waals surface area contributed by atoms with Gasteiger partial charge in [0.15, 0.2) is 5.65 Å². The first-order valence-electron chi connectivity index (χ1n) is 6.96. The van der Waals surface area contributed by atoms with E-state index in [1.165, 1.54) is 0 Å². The Morgan fingerprint density at radius 1 is 1.33 bits per heavy atom. The van der Waals surface area contributed by atoms with Crippen LogP contribution in [0.15, 0.2) is 35.8 Å². The molecule has 3 aromatic rings. The Balaban J connectivity index is 1.57. The molecule has 5 nitrogen and oxygen atoms in total. The Morgan fingerprint density at radius 3 is 3.00 bits per heavy atom. The maximum atomic E-state index is 12.2. The number of rotatable bonds is 4. The molecule has 1 amide bonds. The molecule has 0 radical (unpaired) electrons. The van der Waals surface area contributed by atoms with E-state index >= 15 is 0 Å². The molecule has 0 saturated heterocycles. The molecule has 1 aliphatic carbocycles. The van der Waals surface area contributed by atoms with Crippen LogP contribution in [-0.4, -0.2) is 20.5 Å². The zero-order valence-electron chi connectivity index (χ0n) is 11.3. The molecule has 21 heavy (non-hydrogen) atoms. The van der Waals surface area contributed by atoms with Crippen molar-refractivity contribution in [2.45, 2.75) is 25.3 Å². The van der Waals surface area contributed by atoms with Gasteiger partial charge in [0.1, 0.15) is 5.82 Å². The number of hydrogen-bond donors (Lipinski definition) is 1. The van der Waals surface area contributed by atoms with Crippen LogP contribution in [-0.2, 0) is 6.54 Å². The van der Waals surface area contributed by atoms with E-state index in [2.05, 4.69) is 15.5 Å². The Morgan fingerprint density at radius 2 is 2.24 bits per heavy atom. The summed E-state index contributed by atoms with van der Waals surface area (Å²) in [4.78, 5) is 13.4. The van der Waals surface area contributed by atoms with Crippen LogP contribution in [0.4, 0.5) is 0 Å². The van der Waals surface area contributed by atoms with Crippen molar-refractivity contribution in [3.8, 4) is 0 Å². The topological polar surface area (TPSA) is 59.3 Å². The number of amides is 1. The molecule has 0 unspecified atom stereocenters. The van der Waals surface area contributed by atoms with E-state index in [1.807, 2.05) is 34.2 Å². The van der Waals surface area contributed by atoms with Crippen molar-refractivity contribution in [1.29, 1.82) is 0 Å². The quantitative estimate of drug-likeness (QED) is 0.805. The van der Waals surface area contributed by atoms with Crippen LogP contribution in [0.5, 0.6) is 0 Å². The van der Waals surface area contributed by atoms with E-state index in [1.54, 1.807) is 17.4 Å². The van der Waals surface area contributed by atoms with Crippen LogP contribution in [0.3, 0.4) is 0 Å². The summed E-state index contributed by atoms with van der Waals surface area (Å²) in [5.41, 5.74) is 1.44. The summed E-state index contributed by atoms with van der Waals surface area (Å²) in [6.45, 7) is 0.562. The number of fused-ring (bicyclic) bond motifs is 1. The molecule has 0 spiro atoms. The standard InChI is InChI=1S/C15H14N4OS/c20-15(16-8-12-2-1-7-21-12)11-5-6-13-17-18-14(10-3-4-10)19(13)9-11/h1-2,5-7,9-10H,3-4,8H2,(H,16,20). The summed E-state index contributed by atoms with van der Waals surface area (Å²) < 4.78 is 1.94. The minimum Gasteiger partial charge on any atom is -0.347 e. The zero-order valence-corrected chi connectivity index (χ0v) is 12.1. The van der Waals surface area contributed by atoms with Crippen LogP contribution < -0.4 is 5.32 Å². The second-order valence-electron chi connectivity index (χ2n) is 5.24. The average molecular weight is 298 g/mol. The van der Waals surface area contributed by atoms with Crippen LogP contribution in [0.1, 0.15) is 39.8 Å². The number of aromatic nitrogens is 3. The van der Waals surface area contributed by atoms with E-state index in [0.717, 1.165) is 29.2 Å². The molecular formula is C15H14N4OS. The predicted molar refractivity (Wildman–Crippen MR) is 80.5 cm³/mol. The van der Waals surface area contributed by atoms with Gasteiger partial charge in [-0.1, -0.05) is 6.07 Å². The number of pyridine rings is 1. The largest absolute Gasteiger partial charge is 0.347 e. The van der Waals surface area contributed by atoms with Gasteiger partial charge in [-0.15, -0.1) is 21.5 Å². The normalized spacial score (nSPS) is 14.5. The number of nitrogens with zero attached hydrogens (tertiary/aromatic N) is 3. The summed E-state index contributed by atoms with van der Waals surface area (Å²) in [5.74, 6) is 1.41. The van der Waals surface area contributed by atoms with Gasteiger partial charge in [-0.05, 0) is 36.4 Å². The highest BCUT2D eigenvalue weighted by Crippen LogP contribution is 2.38. The molecule has 0 atom stereocenters. The van der Waals surface area contributed by atoms with Crippen LogP contribution in [0.2, 0.25) is 0 Å². The lowest BCUT2D eigenvalue weighted by Gasteiger charge is -2.05. The van der Waals surface area contributed by atoms with E-state index in [0.29, 0.717) is 18.0 Å². The highest BCUT2D eigenvalue weighted by Gasteiger charge is 2.28. The van der Waals surface area contributed by atoms with Gasteiger partial charge in [0, 0.05) is 17.0 Å². The smallest absolute Gasteiger partial charge is 0.253 e. The van der Waals surface area contributed by atoms with E-state index in [4.69, 9.17) is 0 Å². The molecule has 3 aromatic heterocycles. The van der Waals surface area contributed by atoms with Crippen molar-refractivity contribution in [3.63, 3.8) is 0 Å². The fourth-order valence-corrected chi connectivity index (χ4v) is 2.99. The lowest BCUT2D eigenvalue weighted by molar-refractivity contribution is 0.0951. The summed E-state index contributed by atoms with van der Waals surface area (Å²) in [7, 11) is 0. The van der Waals surface area contributed by atoms with Gasteiger partial charge < -0.3 is 5.32 Å². The molecule has 0 aliphatic heterocycles. The van der Waals surface area contributed by atoms with Crippen LogP contribution >= 0.6 is 11.3 Å². The van der Waals surface area contributed by atoms with Crippen molar-refractivity contribution in [2.24, 2.45) is 0 Å². The molecule has 4 rings (SSSR count). The number of carbonyl (C=O) groups excluding carboxylic acids is 1. The average Bonchev–Trinajstić information content (AvgIpc) is 3.06. The van der Waals surface area contributed by atoms with Crippen molar-refractivity contribution >= 4 is 22.9 Å². The number of thiophene rings is 1. The Hall–Kier alpha value is -2.21. The third-order valence-corrected chi connectivity index (χ3v) is 4.51. The minimum absolute atomic E-state index is 0.0688. The first kappa shape index (κ1) is 12.5. The third kappa shape index (κ3) is 2.42. The monoisotopic (exact) mass is 298 g/mol. The van der Waals surface area contributed by atoms with Gasteiger partial charge in [0.2, 0.25) is 0 Å². The Kier molecular flexibility index (Phi) is 2.96. The molecule has 1 N–H and O–H groups in total. The molecule has 1 saturated carbocycles. The molecule has 106 valence electrons. The first-order chi connectivity index (χ1) is 10.3. The molecule has 6 heteroatoms. The Bertz CT molecular complexity index is 789. The van der Waals surface area contributed by atoms with Gasteiger partial charge in [-0.3, -0.25) is 9.20 Å². The van der Waals surface area contributed by atoms with Crippen molar-refractivity contribution in [1.82, 2.24) is 19.9 Å². The SMILES string of the molecule is O=C(NCc1cccs1)c1ccc2nnc(C3CC3)n2c1. The molecule has 1 aliphatic rings. The number of nitrogens with one attached hydrogen (secondary N) is 1. The third-order valence-electron chi connectivity index (χ3n) is 3.64. The van der Waals surface area contributed by atoms with Crippen molar-refractivity contribution in [3.05, 3.63) is 52.1 Å². The molecule has 3 heterocycles. The molecule has 0 aromatic carbocycles. The van der Waals surface area contributed by atoms with Crippen molar-refractivity contribution in [2.75, 3.05) is 0 Å². The van der Waals surface area contributed by atoms with Crippen molar-refractivity contribution < 1.29 is 4.79 Å². The van der Waals surface area contributed by atoms with E-state index in [-0.39, 0.29) is 5.91 Å². The first-order valence-corrected chi connectivity index (χ1v) is 7.84. The summed E-state index contributed by atoms with van der Waals surface area (Å²) >= 11 is 1.64. The van der Waals surface area contributed by atoms with Gasteiger partial charge in [0.05, 0.1) is 12.1 Å². The summed E-state index contributed by atoms with van der Waals surface area (Å²) in [6, 6.07) is 7.64. The fourth-order valence-electron chi connectivity index (χ4n) is 2.35. The predicted octanol–water partition coefficient (Wildman–Crippen LogP) is 2.60. The molecular weight excluding hydrogens is 284 g/mol. The van der Waals surface area contributed by atoms with Gasteiger partial charge in [0.25, 0.3) is 5.91 Å². The summed E-state index contributed by atoms with van der Waals surface area (Å²) in [6.07, 6.45) is 4.16. The number of carbonyl (C=O) groups is 1. The van der Waals surface area contributed by atoms with Gasteiger partial charge in [-0.25, -0.2) is 0 Å². The minimum atomic E-state index is -0.0688. The Labute approximate surface area is 125 Å². The van der Waals surface area contributed by atoms with E-state index < -0.39 is 0 Å². The van der Waals surface area contributed by atoms with E-state index in [9.17, 15) is 4.79 Å². The van der Waals surface area contributed by atoms with Crippen LogP contribution in [0.25, 0.3) is 5.65 Å². The maximum Gasteiger partial charge on any atom is 0.253 e. The fraction of sp³-hybridized carbons (Fsp3) is 0.267. The highest BCUT2D eigenvalue weighted by molar-refractivity contribution is 7.09. The maximum absolute atomic E-state index is 12.2. The lowest BCUT2D eigenvalue weighted by Crippen LogP contribution is -2.22. The summed E-state index contributed by atoms with van der Waals surface area (Å²) in [5, 5.41) is 13.3. The van der Waals surface area contributed by atoms with Gasteiger partial charge in [-0.2, -0.15) is 0 Å². The molecule has 1 fully saturated rings. The second kappa shape index (κ2) is 4.96.